The van der Waals surface area contributed by atoms with Crippen molar-refractivity contribution in [2.75, 3.05) is 0 Å². The lowest BCUT2D eigenvalue weighted by Gasteiger charge is -2.26. The lowest BCUT2D eigenvalue weighted by molar-refractivity contribution is 0.302. The molecule has 1 aromatic rings. The van der Waals surface area contributed by atoms with Gasteiger partial charge in [-0.3, -0.25) is 19.3 Å². The quantitative estimate of drug-likeness (QED) is 0.577. The van der Waals surface area contributed by atoms with E-state index in [-0.39, 0.29) is 34.3 Å². The van der Waals surface area contributed by atoms with Crippen LogP contribution < -0.4 is 11.3 Å². The van der Waals surface area contributed by atoms with Crippen molar-refractivity contribution < 1.29 is 5.11 Å². The third-order valence-electron chi connectivity index (χ3n) is 5.27. The van der Waals surface area contributed by atoms with Crippen LogP contribution in [0.25, 0.3) is 0 Å². The number of nitrogens with one attached hydrogen (secondary N) is 1. The molecule has 3 rings (SSSR count). The third-order valence-corrected chi connectivity index (χ3v) is 5.57. The Labute approximate surface area is 146 Å². The van der Waals surface area contributed by atoms with Gasteiger partial charge >= 0.3 is 0 Å². The molecule has 0 aromatic carbocycles. The highest BCUT2D eigenvalue weighted by Crippen LogP contribution is 2.31. The van der Waals surface area contributed by atoms with Crippen molar-refractivity contribution in [3.05, 3.63) is 20.7 Å². The Morgan fingerprint density at radius 1 is 1.17 bits per heavy atom. The molecule has 4 N–H and O–H groups in total. The van der Waals surface area contributed by atoms with Crippen LogP contribution in [0.3, 0.4) is 0 Å². The largest absolute Gasteiger partial charge is 0.494 e. The van der Waals surface area contributed by atoms with E-state index in [2.05, 4.69) is 9.98 Å². The van der Waals surface area contributed by atoms with Gasteiger partial charge in [-0.2, -0.15) is 0 Å². The maximum Gasteiger partial charge on any atom is 0.264 e. The first kappa shape index (κ1) is 17.4. The Bertz CT molecular complexity index is 718. The van der Waals surface area contributed by atoms with Gasteiger partial charge in [0.1, 0.15) is 5.56 Å². The normalized spacial score (nSPS) is 26.0. The van der Waals surface area contributed by atoms with Crippen LogP contribution in [0.5, 0.6) is 5.88 Å². The second-order valence-electron chi connectivity index (χ2n) is 6.95. The number of nitrogens with two attached hydrogens (primary N) is 1. The molecular formula is C17H26N4O2S. The molecule has 0 saturated heterocycles. The van der Waals surface area contributed by atoms with Gasteiger partial charge in [0.25, 0.3) is 5.56 Å². The second-order valence-corrected chi connectivity index (χ2v) is 7.34. The lowest BCUT2D eigenvalue weighted by Crippen LogP contribution is -2.36. The number of hydrogen-bond donors (Lipinski definition) is 3. The highest BCUT2D eigenvalue weighted by atomic mass is 32.1. The maximum atomic E-state index is 12.2. The molecule has 0 bridgehead atoms. The minimum Gasteiger partial charge on any atom is -0.494 e. The molecule has 0 spiro atoms. The molecule has 2 fully saturated rings. The smallest absolute Gasteiger partial charge is 0.264 e. The summed E-state index contributed by atoms with van der Waals surface area (Å²) in [6.45, 7) is 0. The first-order valence-corrected chi connectivity index (χ1v) is 9.35. The first-order chi connectivity index (χ1) is 11.6. The van der Waals surface area contributed by atoms with Gasteiger partial charge in [0.05, 0.1) is 6.04 Å². The fourth-order valence-corrected chi connectivity index (χ4v) is 4.17. The van der Waals surface area contributed by atoms with E-state index in [1.54, 1.807) is 4.57 Å². The van der Waals surface area contributed by atoms with Crippen LogP contribution in [0.1, 0.15) is 69.4 Å². The average molecular weight is 350 g/mol. The van der Waals surface area contributed by atoms with Crippen LogP contribution in [0, 0.1) is 4.77 Å². The van der Waals surface area contributed by atoms with Gasteiger partial charge in [-0.1, -0.05) is 32.1 Å². The molecule has 0 radical (unpaired) electrons. The van der Waals surface area contributed by atoms with Crippen LogP contribution in [-0.2, 0) is 0 Å². The fraction of sp³-hybridized carbons (Fsp3) is 0.706. The van der Waals surface area contributed by atoms with Crippen molar-refractivity contribution >= 4 is 18.4 Å². The van der Waals surface area contributed by atoms with Crippen molar-refractivity contribution in [2.45, 2.75) is 75.9 Å². The Kier molecular flexibility index (Phi) is 5.50. The lowest BCUT2D eigenvalue weighted by atomic mass is 9.91. The molecule has 0 amide bonds. The van der Waals surface area contributed by atoms with Crippen molar-refractivity contribution in [2.24, 2.45) is 10.7 Å². The molecule has 2 atom stereocenters. The molecule has 1 heterocycles. The van der Waals surface area contributed by atoms with E-state index in [1.165, 1.54) is 12.6 Å². The van der Waals surface area contributed by atoms with Gasteiger partial charge in [-0.15, -0.1) is 0 Å². The van der Waals surface area contributed by atoms with Crippen LogP contribution in [-0.4, -0.2) is 33.0 Å². The topological polar surface area (TPSA) is 96.4 Å². The highest BCUT2D eigenvalue weighted by Gasteiger charge is 2.23. The average Bonchev–Trinajstić information content (AvgIpc) is 2.57. The summed E-state index contributed by atoms with van der Waals surface area (Å²) in [6, 6.07) is 0.191. The summed E-state index contributed by atoms with van der Waals surface area (Å²) in [5, 5.41) is 10.7. The molecule has 6 nitrogen and oxygen atoms in total. The van der Waals surface area contributed by atoms with E-state index in [1.807, 2.05) is 0 Å². The molecular weight excluding hydrogens is 324 g/mol. The number of aromatic amines is 1. The number of hydrogen-bond acceptors (Lipinski definition) is 5. The van der Waals surface area contributed by atoms with Crippen molar-refractivity contribution in [1.29, 1.82) is 0 Å². The Hall–Kier alpha value is -1.47. The third kappa shape index (κ3) is 3.62. The van der Waals surface area contributed by atoms with Gasteiger partial charge in [0, 0.05) is 18.3 Å². The van der Waals surface area contributed by atoms with Crippen molar-refractivity contribution in [3.8, 4) is 5.88 Å². The summed E-state index contributed by atoms with van der Waals surface area (Å²) >= 11 is 5.28. The van der Waals surface area contributed by atoms with Crippen LogP contribution in [0.2, 0.25) is 0 Å². The van der Waals surface area contributed by atoms with Gasteiger partial charge < -0.3 is 10.8 Å². The van der Waals surface area contributed by atoms with Crippen molar-refractivity contribution in [1.82, 2.24) is 9.55 Å². The molecule has 0 unspecified atom stereocenters. The minimum absolute atomic E-state index is 0.0175. The van der Waals surface area contributed by atoms with Gasteiger partial charge in [-0.05, 0) is 37.9 Å². The van der Waals surface area contributed by atoms with E-state index < -0.39 is 5.56 Å². The summed E-state index contributed by atoms with van der Waals surface area (Å²) in [5.41, 5.74) is 5.90. The molecule has 1 aromatic heterocycles. The van der Waals surface area contributed by atoms with Crippen LogP contribution in [0.4, 0.5) is 0 Å². The highest BCUT2D eigenvalue weighted by molar-refractivity contribution is 7.71. The number of aliphatic imine (C=N–C) groups is 1. The Balaban J connectivity index is 1.92. The van der Waals surface area contributed by atoms with Crippen LogP contribution >= 0.6 is 12.2 Å². The minimum atomic E-state index is -0.391. The Morgan fingerprint density at radius 2 is 1.83 bits per heavy atom. The molecule has 2 aliphatic carbocycles. The molecule has 132 valence electrons. The monoisotopic (exact) mass is 350 g/mol. The predicted molar refractivity (Wildman–Crippen MR) is 97.5 cm³/mol. The Morgan fingerprint density at radius 3 is 2.54 bits per heavy atom. The number of nitrogens with zero attached hydrogens (tertiary/aromatic N) is 2. The summed E-state index contributed by atoms with van der Waals surface area (Å²) in [6.07, 6.45) is 11.0. The molecule has 0 aliphatic heterocycles. The van der Waals surface area contributed by atoms with Crippen LogP contribution in [0.15, 0.2) is 9.79 Å². The molecule has 7 heteroatoms. The van der Waals surface area contributed by atoms with E-state index in [9.17, 15) is 9.90 Å². The van der Waals surface area contributed by atoms with Gasteiger partial charge in [0.15, 0.2) is 4.77 Å². The van der Waals surface area contributed by atoms with Crippen molar-refractivity contribution in [3.63, 3.8) is 0 Å². The number of rotatable bonds is 3. The molecule has 24 heavy (non-hydrogen) atoms. The zero-order chi connectivity index (χ0) is 17.1. The summed E-state index contributed by atoms with van der Waals surface area (Å²) in [7, 11) is 0. The number of aromatic nitrogens is 2. The zero-order valence-corrected chi connectivity index (χ0v) is 14.7. The number of aromatic hydroxyl groups is 1. The molecule has 2 aliphatic rings. The predicted octanol–water partition coefficient (Wildman–Crippen LogP) is 2.81. The van der Waals surface area contributed by atoms with E-state index >= 15 is 0 Å². The van der Waals surface area contributed by atoms with Gasteiger partial charge in [0.2, 0.25) is 5.88 Å². The summed E-state index contributed by atoms with van der Waals surface area (Å²) in [5.74, 6) is -0.0659. The first-order valence-electron chi connectivity index (χ1n) is 8.94. The van der Waals surface area contributed by atoms with E-state index in [0.717, 1.165) is 51.4 Å². The fourth-order valence-electron chi connectivity index (χ4n) is 3.84. The SMILES string of the molecule is N[C@H]1CCCC[C@H]1N=Cc1c(O)n(C2CCCCC2)c(=S)[nH]c1=O. The van der Waals surface area contributed by atoms with E-state index in [0.29, 0.717) is 0 Å². The van der Waals surface area contributed by atoms with E-state index in [4.69, 9.17) is 18.0 Å². The number of H-pyrrole nitrogens is 1. The second kappa shape index (κ2) is 7.61. The summed E-state index contributed by atoms with van der Waals surface area (Å²) in [4.78, 5) is 19.4. The molecule has 2 saturated carbocycles. The van der Waals surface area contributed by atoms with Gasteiger partial charge in [-0.25, -0.2) is 0 Å². The zero-order valence-electron chi connectivity index (χ0n) is 13.9. The standard InChI is InChI=1S/C17H26N4O2S/c18-13-8-4-5-9-14(13)19-10-12-15(22)20-17(24)21(16(12)23)11-6-2-1-3-7-11/h10-11,13-14,23H,1-9,18H2,(H,20,22,24)/t13-,14+/m0/s1. The maximum absolute atomic E-state index is 12.2. The summed E-state index contributed by atoms with van der Waals surface area (Å²) < 4.78 is 1.98.